The van der Waals surface area contributed by atoms with E-state index in [-0.39, 0.29) is 5.63 Å². The SMILES string of the molecule is [NH]c1ccc2ccc(=O)oc2c1. The first kappa shape index (κ1) is 6.91. The quantitative estimate of drug-likeness (QED) is 0.551. The van der Waals surface area contributed by atoms with Crippen molar-refractivity contribution in [1.29, 1.82) is 0 Å². The van der Waals surface area contributed by atoms with Crippen molar-refractivity contribution in [2.75, 3.05) is 0 Å². The summed E-state index contributed by atoms with van der Waals surface area (Å²) in [6, 6.07) is 7.98. The maximum absolute atomic E-state index is 10.8. The van der Waals surface area contributed by atoms with Crippen LogP contribution in [0, 0.1) is 0 Å². The van der Waals surface area contributed by atoms with Gasteiger partial charge in [0.2, 0.25) is 0 Å². The van der Waals surface area contributed by atoms with Gasteiger partial charge in [0.25, 0.3) is 0 Å². The molecule has 0 spiro atoms. The molecular formula is C9H6NO2. The van der Waals surface area contributed by atoms with E-state index < -0.39 is 0 Å². The van der Waals surface area contributed by atoms with Gasteiger partial charge in [0.1, 0.15) is 5.58 Å². The van der Waals surface area contributed by atoms with Crippen LogP contribution in [0.4, 0.5) is 5.69 Å². The molecule has 0 amide bonds. The molecule has 1 N–H and O–H groups in total. The molecule has 0 fully saturated rings. The fourth-order valence-electron chi connectivity index (χ4n) is 1.06. The zero-order chi connectivity index (χ0) is 8.55. The first-order chi connectivity index (χ1) is 5.75. The second-order valence-electron chi connectivity index (χ2n) is 2.51. The number of rotatable bonds is 0. The molecule has 0 atom stereocenters. The van der Waals surface area contributed by atoms with Crippen LogP contribution in [0.3, 0.4) is 0 Å². The van der Waals surface area contributed by atoms with Crippen molar-refractivity contribution in [3.05, 3.63) is 40.8 Å². The summed E-state index contributed by atoms with van der Waals surface area (Å²) in [6.07, 6.45) is 0. The van der Waals surface area contributed by atoms with Gasteiger partial charge in [0.05, 0.1) is 5.69 Å². The minimum Gasteiger partial charge on any atom is -0.423 e. The lowest BCUT2D eigenvalue weighted by Crippen LogP contribution is -1.93. The third kappa shape index (κ3) is 1.05. The van der Waals surface area contributed by atoms with Gasteiger partial charge in [-0.1, -0.05) is 0 Å². The predicted octanol–water partition coefficient (Wildman–Crippen LogP) is 1.71. The molecule has 2 aromatic rings. The van der Waals surface area contributed by atoms with E-state index in [1.807, 2.05) is 0 Å². The van der Waals surface area contributed by atoms with Gasteiger partial charge in [0, 0.05) is 17.5 Å². The molecule has 1 radical (unpaired) electrons. The van der Waals surface area contributed by atoms with Crippen molar-refractivity contribution in [1.82, 2.24) is 5.73 Å². The Balaban J connectivity index is 2.89. The molecule has 1 aromatic heterocycles. The maximum Gasteiger partial charge on any atom is 0.336 e. The van der Waals surface area contributed by atoms with Gasteiger partial charge >= 0.3 is 5.63 Å². The maximum atomic E-state index is 10.8. The fourth-order valence-corrected chi connectivity index (χ4v) is 1.06. The van der Waals surface area contributed by atoms with Crippen molar-refractivity contribution in [2.45, 2.75) is 0 Å². The Morgan fingerprint density at radius 2 is 1.92 bits per heavy atom. The summed E-state index contributed by atoms with van der Waals surface area (Å²) in [6.45, 7) is 0. The molecule has 0 saturated heterocycles. The lowest BCUT2D eigenvalue weighted by molar-refractivity contribution is 0.561. The highest BCUT2D eigenvalue weighted by Crippen LogP contribution is 2.15. The second-order valence-corrected chi connectivity index (χ2v) is 2.51. The van der Waals surface area contributed by atoms with Crippen molar-refractivity contribution in [2.24, 2.45) is 0 Å². The predicted molar refractivity (Wildman–Crippen MR) is 45.2 cm³/mol. The van der Waals surface area contributed by atoms with Crippen LogP contribution >= 0.6 is 0 Å². The molecule has 0 unspecified atom stereocenters. The van der Waals surface area contributed by atoms with E-state index >= 15 is 0 Å². The summed E-state index contributed by atoms with van der Waals surface area (Å²) >= 11 is 0. The Morgan fingerprint density at radius 3 is 2.75 bits per heavy atom. The van der Waals surface area contributed by atoms with Crippen LogP contribution in [0.2, 0.25) is 0 Å². The first-order valence-electron chi connectivity index (χ1n) is 3.51. The molecule has 3 nitrogen and oxygen atoms in total. The molecule has 0 aliphatic carbocycles. The summed E-state index contributed by atoms with van der Waals surface area (Å²) in [4.78, 5) is 10.8. The average molecular weight is 160 g/mol. The summed E-state index contributed by atoms with van der Waals surface area (Å²) in [7, 11) is 0. The molecule has 1 heterocycles. The molecule has 0 aliphatic rings. The Hall–Kier alpha value is -1.77. The molecule has 1 aromatic carbocycles. The van der Waals surface area contributed by atoms with Gasteiger partial charge in [-0.3, -0.25) is 0 Å². The van der Waals surface area contributed by atoms with Crippen LogP contribution in [0.15, 0.2) is 39.5 Å². The fraction of sp³-hybridized carbons (Fsp3) is 0. The molecule has 0 saturated carbocycles. The monoisotopic (exact) mass is 160 g/mol. The minimum absolute atomic E-state index is 0.344. The Morgan fingerprint density at radius 1 is 1.17 bits per heavy atom. The second kappa shape index (κ2) is 2.37. The van der Waals surface area contributed by atoms with Gasteiger partial charge in [-0.15, -0.1) is 0 Å². The molecular weight excluding hydrogens is 154 g/mol. The molecule has 3 heteroatoms. The number of nitrogens with one attached hydrogen (secondary N) is 1. The number of benzene rings is 1. The van der Waals surface area contributed by atoms with Gasteiger partial charge in [-0.2, -0.15) is 0 Å². The first-order valence-corrected chi connectivity index (χ1v) is 3.51. The lowest BCUT2D eigenvalue weighted by Gasteiger charge is -1.94. The number of hydrogen-bond donors (Lipinski definition) is 0. The number of fused-ring (bicyclic) bond motifs is 1. The van der Waals surface area contributed by atoms with E-state index in [1.54, 1.807) is 18.2 Å². The topological polar surface area (TPSA) is 54.0 Å². The van der Waals surface area contributed by atoms with Crippen LogP contribution < -0.4 is 11.4 Å². The normalized spacial score (nSPS) is 10.3. The third-order valence-electron chi connectivity index (χ3n) is 1.62. The van der Waals surface area contributed by atoms with Crippen LogP contribution in [0.5, 0.6) is 0 Å². The van der Waals surface area contributed by atoms with Crippen LogP contribution in [0.1, 0.15) is 0 Å². The summed E-state index contributed by atoms with van der Waals surface area (Å²) < 4.78 is 4.87. The average Bonchev–Trinajstić information content (AvgIpc) is 2.03. The van der Waals surface area contributed by atoms with E-state index in [9.17, 15) is 4.79 Å². The van der Waals surface area contributed by atoms with Crippen molar-refractivity contribution >= 4 is 16.7 Å². The molecule has 0 aliphatic heterocycles. The van der Waals surface area contributed by atoms with E-state index in [0.29, 0.717) is 11.3 Å². The van der Waals surface area contributed by atoms with Gasteiger partial charge in [-0.05, 0) is 18.2 Å². The third-order valence-corrected chi connectivity index (χ3v) is 1.62. The highest BCUT2D eigenvalue weighted by molar-refractivity contribution is 5.78. The zero-order valence-electron chi connectivity index (χ0n) is 6.20. The van der Waals surface area contributed by atoms with Crippen molar-refractivity contribution in [3.8, 4) is 0 Å². The lowest BCUT2D eigenvalue weighted by atomic mass is 10.2. The van der Waals surface area contributed by atoms with Gasteiger partial charge < -0.3 is 10.2 Å². The minimum atomic E-state index is -0.381. The molecule has 0 bridgehead atoms. The standard InChI is InChI=1S/C9H6NO2/c10-7-3-1-6-2-4-9(11)12-8(6)5-7/h1-5,10H. The molecule has 59 valence electrons. The Bertz CT molecular complexity index is 473. The zero-order valence-corrected chi connectivity index (χ0v) is 6.20. The van der Waals surface area contributed by atoms with Crippen LogP contribution in [0.25, 0.3) is 11.0 Å². The highest BCUT2D eigenvalue weighted by Gasteiger charge is 1.96. The summed E-state index contributed by atoms with van der Waals surface area (Å²) in [5.41, 5.74) is 7.72. The largest absolute Gasteiger partial charge is 0.423 e. The van der Waals surface area contributed by atoms with E-state index in [1.165, 1.54) is 12.1 Å². The number of hydrogen-bond acceptors (Lipinski definition) is 2. The Labute approximate surface area is 68.4 Å². The highest BCUT2D eigenvalue weighted by atomic mass is 16.4. The van der Waals surface area contributed by atoms with Crippen LogP contribution in [-0.2, 0) is 0 Å². The molecule has 2 rings (SSSR count). The molecule has 12 heavy (non-hydrogen) atoms. The van der Waals surface area contributed by atoms with Crippen LogP contribution in [-0.4, -0.2) is 0 Å². The Kier molecular flexibility index (Phi) is 1.37. The smallest absolute Gasteiger partial charge is 0.336 e. The summed E-state index contributed by atoms with van der Waals surface area (Å²) in [5, 5.41) is 0.839. The van der Waals surface area contributed by atoms with Gasteiger partial charge in [-0.25, -0.2) is 4.79 Å². The van der Waals surface area contributed by atoms with E-state index in [0.717, 1.165) is 5.39 Å². The van der Waals surface area contributed by atoms with E-state index in [2.05, 4.69) is 0 Å². The van der Waals surface area contributed by atoms with Gasteiger partial charge in [0.15, 0.2) is 0 Å². The van der Waals surface area contributed by atoms with E-state index in [4.69, 9.17) is 10.2 Å². The van der Waals surface area contributed by atoms with Crippen molar-refractivity contribution < 1.29 is 4.42 Å². The summed E-state index contributed by atoms with van der Waals surface area (Å²) in [5.74, 6) is 0. The van der Waals surface area contributed by atoms with Crippen molar-refractivity contribution in [3.63, 3.8) is 0 Å².